The Bertz CT molecular complexity index is 1170. The quantitative estimate of drug-likeness (QED) is 0.393. The van der Waals surface area contributed by atoms with Crippen molar-refractivity contribution < 1.29 is 4.79 Å². The van der Waals surface area contributed by atoms with Crippen molar-refractivity contribution in [2.24, 2.45) is 0 Å². The second kappa shape index (κ2) is 8.04. The molecule has 0 aliphatic carbocycles. The van der Waals surface area contributed by atoms with Gasteiger partial charge in [0.05, 0.1) is 28.1 Å². The van der Waals surface area contributed by atoms with Gasteiger partial charge in [0.15, 0.2) is 5.13 Å². The Hall–Kier alpha value is -2.58. The van der Waals surface area contributed by atoms with E-state index in [4.69, 9.17) is 4.98 Å². The standard InChI is InChI=1S/C21H20BrN5OS/c1-13(2)27-18(10-14(3)25-27)20(28)26(12-16-6-4-5-9-23-16)21-24-17-8-7-15(22)11-19(17)29-21/h4-11,13H,12H2,1-3H3. The van der Waals surface area contributed by atoms with Crippen LogP contribution in [0.5, 0.6) is 0 Å². The van der Waals surface area contributed by atoms with Crippen LogP contribution in [0.15, 0.2) is 53.1 Å². The van der Waals surface area contributed by atoms with Crippen LogP contribution in [0.1, 0.15) is 41.8 Å². The van der Waals surface area contributed by atoms with Gasteiger partial charge >= 0.3 is 0 Å². The van der Waals surface area contributed by atoms with E-state index in [0.717, 1.165) is 26.1 Å². The number of rotatable bonds is 5. The summed E-state index contributed by atoms with van der Waals surface area (Å²) in [6.07, 6.45) is 1.73. The molecule has 4 aromatic rings. The Morgan fingerprint density at radius 3 is 2.79 bits per heavy atom. The minimum absolute atomic E-state index is 0.0747. The fourth-order valence-corrected chi connectivity index (χ4v) is 4.61. The monoisotopic (exact) mass is 469 g/mol. The van der Waals surface area contributed by atoms with Crippen LogP contribution < -0.4 is 4.90 Å². The molecule has 0 aliphatic rings. The largest absolute Gasteiger partial charge is 0.278 e. The number of thiazole rings is 1. The van der Waals surface area contributed by atoms with Crippen molar-refractivity contribution in [3.8, 4) is 0 Å². The number of pyridine rings is 1. The highest BCUT2D eigenvalue weighted by Crippen LogP contribution is 2.32. The molecule has 148 valence electrons. The van der Waals surface area contributed by atoms with Gasteiger partial charge in [-0.1, -0.05) is 33.3 Å². The lowest BCUT2D eigenvalue weighted by molar-refractivity contribution is 0.0972. The van der Waals surface area contributed by atoms with Crippen LogP contribution in [0.3, 0.4) is 0 Å². The van der Waals surface area contributed by atoms with Gasteiger partial charge in [-0.15, -0.1) is 0 Å². The summed E-state index contributed by atoms with van der Waals surface area (Å²) in [5.74, 6) is -0.136. The lowest BCUT2D eigenvalue weighted by Crippen LogP contribution is -2.32. The molecule has 0 radical (unpaired) electrons. The lowest BCUT2D eigenvalue weighted by Gasteiger charge is -2.21. The Labute approximate surface area is 181 Å². The van der Waals surface area contributed by atoms with Crippen LogP contribution >= 0.6 is 27.3 Å². The smallest absolute Gasteiger partial charge is 0.277 e. The zero-order valence-corrected chi connectivity index (χ0v) is 18.7. The van der Waals surface area contributed by atoms with Crippen molar-refractivity contribution in [2.75, 3.05) is 4.90 Å². The molecule has 1 amide bonds. The maximum Gasteiger partial charge on any atom is 0.278 e. The number of anilines is 1. The maximum atomic E-state index is 13.6. The van der Waals surface area contributed by atoms with Gasteiger partial charge in [0.25, 0.3) is 5.91 Å². The van der Waals surface area contributed by atoms with E-state index in [9.17, 15) is 4.79 Å². The first-order valence-electron chi connectivity index (χ1n) is 9.26. The summed E-state index contributed by atoms with van der Waals surface area (Å²) in [6, 6.07) is 13.5. The molecule has 0 fully saturated rings. The second-order valence-corrected chi connectivity index (χ2v) is 8.95. The topological polar surface area (TPSA) is 63.9 Å². The molecule has 0 spiro atoms. The maximum absolute atomic E-state index is 13.6. The van der Waals surface area contributed by atoms with E-state index in [1.807, 2.05) is 63.2 Å². The first kappa shape index (κ1) is 19.7. The highest BCUT2D eigenvalue weighted by Gasteiger charge is 2.26. The van der Waals surface area contributed by atoms with E-state index in [-0.39, 0.29) is 11.9 Å². The molecular formula is C21H20BrN5OS. The van der Waals surface area contributed by atoms with E-state index in [1.54, 1.807) is 15.8 Å². The van der Waals surface area contributed by atoms with Crippen molar-refractivity contribution >= 4 is 48.5 Å². The van der Waals surface area contributed by atoms with Crippen LogP contribution in [-0.4, -0.2) is 25.7 Å². The summed E-state index contributed by atoms with van der Waals surface area (Å²) < 4.78 is 3.77. The molecule has 6 nitrogen and oxygen atoms in total. The molecular weight excluding hydrogens is 450 g/mol. The van der Waals surface area contributed by atoms with Crippen molar-refractivity contribution in [3.63, 3.8) is 0 Å². The first-order chi connectivity index (χ1) is 13.9. The number of hydrogen-bond donors (Lipinski definition) is 0. The summed E-state index contributed by atoms with van der Waals surface area (Å²) in [5.41, 5.74) is 3.02. The first-order valence-corrected chi connectivity index (χ1v) is 10.9. The molecule has 0 bridgehead atoms. The number of halogens is 1. The highest BCUT2D eigenvalue weighted by molar-refractivity contribution is 9.10. The summed E-state index contributed by atoms with van der Waals surface area (Å²) in [5, 5.41) is 5.14. The molecule has 0 saturated carbocycles. The van der Waals surface area contributed by atoms with Crippen molar-refractivity contribution in [2.45, 2.75) is 33.4 Å². The number of carbonyl (C=O) groups is 1. The van der Waals surface area contributed by atoms with E-state index < -0.39 is 0 Å². The number of benzene rings is 1. The third-order valence-corrected chi connectivity index (χ3v) is 5.96. The Morgan fingerprint density at radius 2 is 2.07 bits per heavy atom. The van der Waals surface area contributed by atoms with Gasteiger partial charge in [-0.3, -0.25) is 19.4 Å². The molecule has 3 aromatic heterocycles. The molecule has 3 heterocycles. The molecule has 0 saturated heterocycles. The summed E-state index contributed by atoms with van der Waals surface area (Å²) in [7, 11) is 0. The second-order valence-electron chi connectivity index (χ2n) is 7.03. The van der Waals surface area contributed by atoms with Crippen molar-refractivity contribution in [3.05, 3.63) is 70.2 Å². The minimum atomic E-state index is -0.136. The molecule has 0 aliphatic heterocycles. The van der Waals surface area contributed by atoms with Crippen LogP contribution in [0.25, 0.3) is 10.2 Å². The Kier molecular flexibility index (Phi) is 5.47. The Morgan fingerprint density at radius 1 is 1.24 bits per heavy atom. The fraction of sp³-hybridized carbons (Fsp3) is 0.238. The average Bonchev–Trinajstić information content (AvgIpc) is 3.29. The number of aromatic nitrogens is 4. The number of carbonyl (C=O) groups excluding carboxylic acids is 1. The number of hydrogen-bond acceptors (Lipinski definition) is 5. The molecule has 4 rings (SSSR count). The van der Waals surface area contributed by atoms with Gasteiger partial charge < -0.3 is 0 Å². The minimum Gasteiger partial charge on any atom is -0.277 e. The van der Waals surface area contributed by atoms with Crippen LogP contribution in [0.4, 0.5) is 5.13 Å². The fourth-order valence-electron chi connectivity index (χ4n) is 3.09. The van der Waals surface area contributed by atoms with Crippen LogP contribution in [0, 0.1) is 6.92 Å². The zero-order chi connectivity index (χ0) is 20.5. The number of amides is 1. The average molecular weight is 470 g/mol. The van der Waals surface area contributed by atoms with Crippen molar-refractivity contribution in [1.82, 2.24) is 19.7 Å². The number of fused-ring (bicyclic) bond motifs is 1. The van der Waals surface area contributed by atoms with Gasteiger partial charge in [-0.05, 0) is 57.2 Å². The van der Waals surface area contributed by atoms with Crippen LogP contribution in [-0.2, 0) is 6.54 Å². The SMILES string of the molecule is Cc1cc(C(=O)N(Cc2ccccn2)c2nc3ccc(Br)cc3s2)n(C(C)C)n1. The predicted molar refractivity (Wildman–Crippen MR) is 119 cm³/mol. The molecule has 0 N–H and O–H groups in total. The van der Waals surface area contributed by atoms with Gasteiger partial charge in [-0.2, -0.15) is 5.10 Å². The van der Waals surface area contributed by atoms with Gasteiger partial charge in [0, 0.05) is 16.7 Å². The molecule has 8 heteroatoms. The number of aryl methyl sites for hydroxylation is 1. The van der Waals surface area contributed by atoms with Gasteiger partial charge in [0.1, 0.15) is 5.69 Å². The third kappa shape index (κ3) is 4.09. The van der Waals surface area contributed by atoms with Gasteiger partial charge in [-0.25, -0.2) is 4.98 Å². The summed E-state index contributed by atoms with van der Waals surface area (Å²) in [6.45, 7) is 6.26. The highest BCUT2D eigenvalue weighted by atomic mass is 79.9. The number of nitrogens with zero attached hydrogens (tertiary/aromatic N) is 5. The van der Waals surface area contributed by atoms with Gasteiger partial charge in [0.2, 0.25) is 0 Å². The molecule has 29 heavy (non-hydrogen) atoms. The predicted octanol–water partition coefficient (Wildman–Crippen LogP) is 5.39. The normalized spacial score (nSPS) is 11.3. The van der Waals surface area contributed by atoms with E-state index in [2.05, 4.69) is 26.0 Å². The molecule has 0 unspecified atom stereocenters. The van der Waals surface area contributed by atoms with E-state index >= 15 is 0 Å². The van der Waals surface area contributed by atoms with Crippen molar-refractivity contribution in [1.29, 1.82) is 0 Å². The van der Waals surface area contributed by atoms with Crippen LogP contribution in [0.2, 0.25) is 0 Å². The summed E-state index contributed by atoms with van der Waals surface area (Å²) >= 11 is 4.99. The third-order valence-electron chi connectivity index (χ3n) is 4.43. The summed E-state index contributed by atoms with van der Waals surface area (Å²) in [4.78, 5) is 24.4. The van der Waals surface area contributed by atoms with E-state index in [0.29, 0.717) is 17.4 Å². The zero-order valence-electron chi connectivity index (χ0n) is 16.3. The molecule has 1 aromatic carbocycles. The lowest BCUT2D eigenvalue weighted by atomic mass is 10.2. The van der Waals surface area contributed by atoms with E-state index in [1.165, 1.54) is 11.3 Å². The molecule has 0 atom stereocenters. The Balaban J connectivity index is 1.80.